The lowest BCUT2D eigenvalue weighted by Crippen LogP contribution is -2.42. The highest BCUT2D eigenvalue weighted by Gasteiger charge is 2.27. The fraction of sp³-hybridized carbons (Fsp3) is 0.375. The van der Waals surface area contributed by atoms with Gasteiger partial charge in [-0.3, -0.25) is 9.59 Å². The van der Waals surface area contributed by atoms with Crippen LogP contribution in [0.3, 0.4) is 0 Å². The molecule has 1 aliphatic rings. The molecule has 2 aromatic carbocycles. The number of aldehydes is 1. The van der Waals surface area contributed by atoms with Gasteiger partial charge in [-0.25, -0.2) is 4.79 Å². The van der Waals surface area contributed by atoms with Crippen LogP contribution in [-0.2, 0) is 11.3 Å². The lowest BCUT2D eigenvalue weighted by Gasteiger charge is -2.32. The fourth-order valence-corrected chi connectivity index (χ4v) is 4.12. The highest BCUT2D eigenvalue weighted by Crippen LogP contribution is 2.23. The number of nitrogens with zero attached hydrogens (tertiary/aromatic N) is 2. The van der Waals surface area contributed by atoms with Gasteiger partial charge < -0.3 is 9.74 Å². The summed E-state index contributed by atoms with van der Waals surface area (Å²) in [6, 6.07) is 13.4. The normalized spacial score (nSPS) is 14.2. The van der Waals surface area contributed by atoms with Gasteiger partial charge in [-0.15, -0.1) is 0 Å². The van der Waals surface area contributed by atoms with Crippen molar-refractivity contribution in [2.45, 2.75) is 32.6 Å². The quantitative estimate of drug-likeness (QED) is 0.438. The van der Waals surface area contributed by atoms with Gasteiger partial charge >= 0.3 is 6.09 Å². The molecular formula is C24H27BrN2O4. The molecule has 1 aliphatic heterocycles. The van der Waals surface area contributed by atoms with Crippen LogP contribution in [0.1, 0.15) is 51.1 Å². The first-order valence-electron chi connectivity index (χ1n) is 10.4. The van der Waals surface area contributed by atoms with Gasteiger partial charge in [0.05, 0.1) is 5.56 Å². The Morgan fingerprint density at radius 1 is 1.16 bits per heavy atom. The predicted octanol–water partition coefficient (Wildman–Crippen LogP) is 5.04. The molecule has 0 saturated carbocycles. The van der Waals surface area contributed by atoms with Crippen molar-refractivity contribution in [3.63, 3.8) is 0 Å². The van der Waals surface area contributed by atoms with Crippen LogP contribution in [0.4, 0.5) is 4.79 Å². The second kappa shape index (κ2) is 10.6. The summed E-state index contributed by atoms with van der Waals surface area (Å²) in [5.41, 5.74) is 3.02. The van der Waals surface area contributed by atoms with Crippen LogP contribution in [-0.4, -0.2) is 48.4 Å². The molecule has 0 aromatic heterocycles. The number of likely N-dealkylation sites (tertiary alicyclic amines) is 1. The monoisotopic (exact) mass is 486 g/mol. The van der Waals surface area contributed by atoms with Crippen molar-refractivity contribution < 1.29 is 19.2 Å². The third-order valence-electron chi connectivity index (χ3n) is 5.71. The molecule has 31 heavy (non-hydrogen) atoms. The molecule has 0 unspecified atom stereocenters. The van der Waals surface area contributed by atoms with Crippen molar-refractivity contribution in [2.24, 2.45) is 5.92 Å². The van der Waals surface area contributed by atoms with E-state index < -0.39 is 12.0 Å². The Morgan fingerprint density at radius 2 is 1.84 bits per heavy atom. The van der Waals surface area contributed by atoms with Gasteiger partial charge in [0.1, 0.15) is 0 Å². The van der Waals surface area contributed by atoms with E-state index in [4.69, 9.17) is 4.84 Å². The maximum Gasteiger partial charge on any atom is 0.434 e. The number of carbonyl (C=O) groups excluding carboxylic acids is 3. The molecule has 0 N–H and O–H groups in total. The molecule has 0 bridgehead atoms. The van der Waals surface area contributed by atoms with E-state index in [-0.39, 0.29) is 11.1 Å². The molecule has 164 valence electrons. The molecule has 0 spiro atoms. The Bertz CT molecular complexity index is 937. The van der Waals surface area contributed by atoms with Gasteiger partial charge in [-0.05, 0) is 62.3 Å². The van der Waals surface area contributed by atoms with Crippen LogP contribution in [0.2, 0.25) is 0 Å². The Balaban J connectivity index is 1.47. The first-order chi connectivity index (χ1) is 14.9. The molecule has 0 radical (unpaired) electrons. The summed E-state index contributed by atoms with van der Waals surface area (Å²) in [6.07, 6.45) is 4.04. The van der Waals surface area contributed by atoms with E-state index in [2.05, 4.69) is 47.1 Å². The van der Waals surface area contributed by atoms with Gasteiger partial charge in [0.15, 0.2) is 6.29 Å². The number of halogens is 1. The van der Waals surface area contributed by atoms with Crippen LogP contribution in [0, 0.1) is 12.8 Å². The van der Waals surface area contributed by atoms with E-state index in [9.17, 15) is 14.4 Å². The van der Waals surface area contributed by atoms with Gasteiger partial charge in [0.25, 0.3) is 5.91 Å². The zero-order valence-corrected chi connectivity index (χ0v) is 19.4. The van der Waals surface area contributed by atoms with Crippen molar-refractivity contribution in [1.29, 1.82) is 0 Å². The SMILES string of the molecule is Cc1ccc(CCC2CCN(C(=O)ON(C)C(=O)c3ccc(Br)cc3C=O)CC2)cc1. The highest BCUT2D eigenvalue weighted by atomic mass is 79.9. The Morgan fingerprint density at radius 3 is 2.48 bits per heavy atom. The van der Waals surface area contributed by atoms with E-state index in [0.717, 1.165) is 30.7 Å². The Hall–Kier alpha value is -2.67. The minimum Gasteiger partial charge on any atom is -0.319 e. The third-order valence-corrected chi connectivity index (χ3v) is 6.20. The number of benzene rings is 2. The molecule has 7 heteroatoms. The van der Waals surface area contributed by atoms with Crippen LogP contribution in [0.25, 0.3) is 0 Å². The van der Waals surface area contributed by atoms with Crippen LogP contribution >= 0.6 is 15.9 Å². The minimum atomic E-state index is -0.545. The number of rotatable bonds is 5. The van der Waals surface area contributed by atoms with Crippen LogP contribution in [0.15, 0.2) is 46.9 Å². The van der Waals surface area contributed by atoms with E-state index in [1.54, 1.807) is 17.0 Å². The van der Waals surface area contributed by atoms with E-state index in [1.807, 2.05) is 0 Å². The maximum atomic E-state index is 12.6. The van der Waals surface area contributed by atoms with Crippen molar-refractivity contribution in [3.8, 4) is 0 Å². The fourth-order valence-electron chi connectivity index (χ4n) is 3.74. The molecule has 2 amide bonds. The summed E-state index contributed by atoms with van der Waals surface area (Å²) in [7, 11) is 1.38. The zero-order chi connectivity index (χ0) is 22.4. The summed E-state index contributed by atoms with van der Waals surface area (Å²) in [4.78, 5) is 43.3. The second-order valence-electron chi connectivity index (χ2n) is 7.96. The average molecular weight is 487 g/mol. The van der Waals surface area contributed by atoms with Crippen LogP contribution in [0.5, 0.6) is 0 Å². The predicted molar refractivity (Wildman–Crippen MR) is 122 cm³/mol. The summed E-state index contributed by atoms with van der Waals surface area (Å²) in [5, 5.41) is 0.891. The van der Waals surface area contributed by atoms with Gasteiger partial charge in [-0.1, -0.05) is 45.8 Å². The standard InChI is InChI=1S/C24H27BrN2O4/c1-17-3-5-18(6-4-17)7-8-19-11-13-27(14-12-19)24(30)31-26(2)23(29)22-10-9-21(25)15-20(22)16-28/h3-6,9-10,15-16,19H,7-8,11-14H2,1-2H3. The molecular weight excluding hydrogens is 460 g/mol. The van der Waals surface area contributed by atoms with Gasteiger partial charge in [-0.2, -0.15) is 5.06 Å². The van der Waals surface area contributed by atoms with Crippen molar-refractivity contribution in [2.75, 3.05) is 20.1 Å². The zero-order valence-electron chi connectivity index (χ0n) is 17.8. The van der Waals surface area contributed by atoms with E-state index in [1.165, 1.54) is 24.2 Å². The number of aryl methyl sites for hydroxylation is 2. The molecule has 0 aliphatic carbocycles. The smallest absolute Gasteiger partial charge is 0.319 e. The lowest BCUT2D eigenvalue weighted by molar-refractivity contribution is -0.0678. The lowest BCUT2D eigenvalue weighted by atomic mass is 9.90. The molecule has 1 heterocycles. The third kappa shape index (κ3) is 6.17. The first-order valence-corrected chi connectivity index (χ1v) is 11.2. The number of hydrogen-bond acceptors (Lipinski definition) is 4. The largest absolute Gasteiger partial charge is 0.434 e. The summed E-state index contributed by atoms with van der Waals surface area (Å²) in [6.45, 7) is 3.30. The molecule has 1 saturated heterocycles. The summed E-state index contributed by atoms with van der Waals surface area (Å²) >= 11 is 3.27. The maximum absolute atomic E-state index is 12.6. The molecule has 6 nitrogen and oxygen atoms in total. The molecule has 3 rings (SSSR count). The minimum absolute atomic E-state index is 0.184. The molecule has 2 aromatic rings. The van der Waals surface area contributed by atoms with Gasteiger partial charge in [0, 0.05) is 30.2 Å². The average Bonchev–Trinajstić information content (AvgIpc) is 2.78. The van der Waals surface area contributed by atoms with E-state index in [0.29, 0.717) is 29.8 Å². The van der Waals surface area contributed by atoms with Crippen molar-refractivity contribution in [1.82, 2.24) is 9.96 Å². The summed E-state index contributed by atoms with van der Waals surface area (Å²) in [5.74, 6) is 0.0264. The Kier molecular flexibility index (Phi) is 7.85. The number of carbonyl (C=O) groups is 3. The molecule has 1 fully saturated rings. The topological polar surface area (TPSA) is 66.9 Å². The highest BCUT2D eigenvalue weighted by molar-refractivity contribution is 9.10. The number of piperidine rings is 1. The Labute approximate surface area is 191 Å². The van der Waals surface area contributed by atoms with Crippen molar-refractivity contribution in [3.05, 3.63) is 69.2 Å². The van der Waals surface area contributed by atoms with Gasteiger partial charge in [0.2, 0.25) is 0 Å². The second-order valence-corrected chi connectivity index (χ2v) is 8.88. The summed E-state index contributed by atoms with van der Waals surface area (Å²) < 4.78 is 0.691. The first kappa shape index (κ1) is 23.0. The van der Waals surface area contributed by atoms with Crippen molar-refractivity contribution >= 4 is 34.2 Å². The number of amides is 2. The number of hydroxylamine groups is 2. The van der Waals surface area contributed by atoms with Crippen LogP contribution < -0.4 is 0 Å². The molecule has 0 atom stereocenters. The van der Waals surface area contributed by atoms with E-state index >= 15 is 0 Å². The number of hydrogen-bond donors (Lipinski definition) is 0.